The van der Waals surface area contributed by atoms with Crippen molar-refractivity contribution in [1.29, 1.82) is 0 Å². The molecule has 2 aromatic heterocycles. The number of benzene rings is 14. The lowest BCUT2D eigenvalue weighted by Gasteiger charge is -2.28. The lowest BCUT2D eigenvalue weighted by molar-refractivity contribution is 0.656. The Morgan fingerprint density at radius 1 is 0.239 bits per heavy atom. The van der Waals surface area contributed by atoms with E-state index in [0.717, 1.165) is 56.5 Å². The van der Waals surface area contributed by atoms with Gasteiger partial charge < -0.3 is 18.6 Å². The molecule has 16 aromatic rings. The molecule has 2 aliphatic rings. The zero-order valence-electron chi connectivity index (χ0n) is 51.7. The van der Waals surface area contributed by atoms with Crippen molar-refractivity contribution in [3.63, 3.8) is 0 Å². The monoisotopic (exact) mass is 1180 g/mol. The Morgan fingerprint density at radius 3 is 1.04 bits per heavy atom. The van der Waals surface area contributed by atoms with E-state index in [9.17, 15) is 0 Å². The fourth-order valence-corrected chi connectivity index (χ4v) is 14.8. The molecule has 0 amide bonds. The predicted molar refractivity (Wildman–Crippen MR) is 386 cm³/mol. The number of hydrogen-bond donors (Lipinski definition) is 0. The van der Waals surface area contributed by atoms with Crippen molar-refractivity contribution in [3.05, 3.63) is 338 Å². The van der Waals surface area contributed by atoms with Gasteiger partial charge in [-0.1, -0.05) is 240 Å². The molecule has 92 heavy (non-hydrogen) atoms. The molecule has 18 rings (SSSR count). The molecule has 2 aliphatic carbocycles. The second kappa shape index (κ2) is 21.7. The van der Waals surface area contributed by atoms with E-state index >= 15 is 0 Å². The highest BCUT2D eigenvalue weighted by molar-refractivity contribution is 6.16. The van der Waals surface area contributed by atoms with Gasteiger partial charge in [-0.15, -0.1) is 0 Å². The zero-order chi connectivity index (χ0) is 61.7. The fraction of sp³-hybridized carbons (Fsp3) is 0.0682. The van der Waals surface area contributed by atoms with Gasteiger partial charge in [-0.25, -0.2) is 0 Å². The molecule has 4 nitrogen and oxygen atoms in total. The minimum Gasteiger partial charge on any atom is -0.456 e. The summed E-state index contributed by atoms with van der Waals surface area (Å²) >= 11 is 0. The number of anilines is 6. The number of nitrogens with zero attached hydrogens (tertiary/aromatic N) is 2. The second-order valence-corrected chi connectivity index (χ2v) is 25.6. The van der Waals surface area contributed by atoms with Crippen LogP contribution in [0.15, 0.2) is 324 Å². The molecule has 0 radical (unpaired) electrons. The average Bonchev–Trinajstić information content (AvgIpc) is 1.56. The van der Waals surface area contributed by atoms with E-state index in [4.69, 9.17) is 8.83 Å². The molecule has 4 heteroatoms. The van der Waals surface area contributed by atoms with Gasteiger partial charge in [0.25, 0.3) is 0 Å². The maximum absolute atomic E-state index is 6.31. The number of rotatable bonds is 9. The average molecular weight is 1180 g/mol. The summed E-state index contributed by atoms with van der Waals surface area (Å²) in [5.41, 5.74) is 28.0. The van der Waals surface area contributed by atoms with Crippen molar-refractivity contribution >= 4 is 88.8 Å². The summed E-state index contributed by atoms with van der Waals surface area (Å²) in [5.74, 6) is 0. The topological polar surface area (TPSA) is 32.8 Å². The second-order valence-electron chi connectivity index (χ2n) is 25.6. The van der Waals surface area contributed by atoms with Crippen molar-refractivity contribution in [2.45, 2.75) is 38.5 Å². The quantitative estimate of drug-likeness (QED) is 0.144. The summed E-state index contributed by atoms with van der Waals surface area (Å²) < 4.78 is 12.6. The smallest absolute Gasteiger partial charge is 0.136 e. The van der Waals surface area contributed by atoms with Crippen LogP contribution in [-0.2, 0) is 10.8 Å². The van der Waals surface area contributed by atoms with Crippen LogP contribution in [0.4, 0.5) is 34.1 Å². The van der Waals surface area contributed by atoms with E-state index in [0.29, 0.717) is 0 Å². The normalized spacial score (nSPS) is 13.2. The minimum atomic E-state index is -0.173. The maximum atomic E-state index is 6.31. The Kier molecular flexibility index (Phi) is 12.9. The largest absolute Gasteiger partial charge is 0.456 e. The van der Waals surface area contributed by atoms with E-state index in [1.165, 1.54) is 110 Å². The van der Waals surface area contributed by atoms with E-state index in [2.05, 4.69) is 341 Å². The van der Waals surface area contributed by atoms with Gasteiger partial charge in [-0.2, -0.15) is 0 Å². The molecular formula is C88H64N2O2. The Labute approximate surface area is 536 Å². The number of fused-ring (bicyclic) bond motifs is 15. The molecule has 14 aromatic carbocycles. The summed E-state index contributed by atoms with van der Waals surface area (Å²) in [7, 11) is 0. The fourth-order valence-electron chi connectivity index (χ4n) is 14.8. The van der Waals surface area contributed by atoms with Crippen molar-refractivity contribution in [2.24, 2.45) is 0 Å². The highest BCUT2D eigenvalue weighted by Gasteiger charge is 2.40. The Hall–Kier alpha value is -11.5. The van der Waals surface area contributed by atoms with Crippen molar-refractivity contribution < 1.29 is 8.83 Å². The lowest BCUT2D eigenvalue weighted by Crippen LogP contribution is -2.16. The summed E-state index contributed by atoms with van der Waals surface area (Å²) in [6.07, 6.45) is 0. The molecule has 0 saturated heterocycles. The van der Waals surface area contributed by atoms with Crippen molar-refractivity contribution in [2.75, 3.05) is 9.80 Å². The third-order valence-corrected chi connectivity index (χ3v) is 19.5. The first-order chi connectivity index (χ1) is 45.1. The molecule has 0 unspecified atom stereocenters. The molecule has 0 saturated carbocycles. The SMILES string of the molecule is CC1(C)c2cc(N(c3ccc(-c4ccccc4)cc3)c3ccc(-c4ccccc4)cc3)ccc2-c2c1ccc1oc3ccccc3c21.CC1(C)c2cc(N(c3ccccc3)c3ccc(-c4ccc5ccccc5c4)cc3)ccc2-c2c1ccc1oc3ccccc3c21. The molecule has 0 N–H and O–H groups in total. The summed E-state index contributed by atoms with van der Waals surface area (Å²) in [6.45, 7) is 9.40. The summed E-state index contributed by atoms with van der Waals surface area (Å²) in [4.78, 5) is 4.75. The first-order valence-corrected chi connectivity index (χ1v) is 31.9. The van der Waals surface area contributed by atoms with Crippen LogP contribution < -0.4 is 9.80 Å². The van der Waals surface area contributed by atoms with Crippen LogP contribution in [0.1, 0.15) is 49.9 Å². The van der Waals surface area contributed by atoms with Crippen LogP contribution in [0.2, 0.25) is 0 Å². The van der Waals surface area contributed by atoms with Crippen LogP contribution in [0.3, 0.4) is 0 Å². The van der Waals surface area contributed by atoms with Crippen molar-refractivity contribution in [3.8, 4) is 55.6 Å². The molecule has 2 heterocycles. The van der Waals surface area contributed by atoms with E-state index in [1.807, 2.05) is 12.1 Å². The van der Waals surface area contributed by atoms with E-state index in [1.54, 1.807) is 0 Å². The molecular weight excluding hydrogens is 1120 g/mol. The van der Waals surface area contributed by atoms with Gasteiger partial charge in [0.1, 0.15) is 22.3 Å². The number of para-hydroxylation sites is 3. The first kappa shape index (κ1) is 54.7. The minimum absolute atomic E-state index is 0.157. The van der Waals surface area contributed by atoms with Crippen LogP contribution >= 0.6 is 0 Å². The van der Waals surface area contributed by atoms with E-state index in [-0.39, 0.29) is 10.8 Å². The van der Waals surface area contributed by atoms with Gasteiger partial charge in [0.15, 0.2) is 0 Å². The predicted octanol–water partition coefficient (Wildman–Crippen LogP) is 24.9. The standard InChI is InChI=1S/C45H33NO.C43H31NO/c1-45(2)39-27-28-42-44(38-15-9-10-16-41(38)47-42)43(39)37-26-25-36(29-40(37)45)46(34-21-17-32(18-22-34)30-11-5-3-6-12-30)35-23-19-33(20-24-35)31-13-7-4-8-14-31;1-43(2)37-24-25-40-42(36-14-8-9-15-39(36)45-40)41(37)35-23-22-34(27-38(35)43)44(32-12-4-3-5-13-32)33-20-18-29(19-21-33)31-17-16-28-10-6-7-11-30(28)26-31/h3-29H,1-2H3;3-27H,1-2H3. The molecule has 0 bridgehead atoms. The number of furan rings is 2. The van der Waals surface area contributed by atoms with Crippen LogP contribution in [0.5, 0.6) is 0 Å². The molecule has 0 atom stereocenters. The Bertz CT molecular complexity index is 5410. The zero-order valence-corrected chi connectivity index (χ0v) is 51.7. The molecule has 0 spiro atoms. The molecule has 0 aliphatic heterocycles. The highest BCUT2D eigenvalue weighted by atomic mass is 16.3. The third-order valence-electron chi connectivity index (χ3n) is 19.5. The van der Waals surface area contributed by atoms with Crippen molar-refractivity contribution in [1.82, 2.24) is 0 Å². The first-order valence-electron chi connectivity index (χ1n) is 31.9. The molecule has 0 fully saturated rings. The van der Waals surface area contributed by atoms with Crippen LogP contribution in [-0.4, -0.2) is 0 Å². The maximum Gasteiger partial charge on any atom is 0.136 e. The third kappa shape index (κ3) is 9.04. The number of hydrogen-bond acceptors (Lipinski definition) is 4. The lowest BCUT2D eigenvalue weighted by atomic mass is 9.82. The van der Waals surface area contributed by atoms with Crippen LogP contribution in [0.25, 0.3) is 110 Å². The van der Waals surface area contributed by atoms with Gasteiger partial charge in [0.05, 0.1) is 0 Å². The van der Waals surface area contributed by atoms with Gasteiger partial charge in [0.2, 0.25) is 0 Å². The van der Waals surface area contributed by atoms with Gasteiger partial charge in [-0.05, 0) is 192 Å². The highest BCUT2D eigenvalue weighted by Crippen LogP contribution is 2.56. The Balaban J connectivity index is 0.000000141. The Morgan fingerprint density at radius 2 is 0.587 bits per heavy atom. The van der Waals surface area contributed by atoms with Gasteiger partial charge in [-0.3, -0.25) is 0 Å². The van der Waals surface area contributed by atoms with Crippen LogP contribution in [0, 0.1) is 0 Å². The summed E-state index contributed by atoms with van der Waals surface area (Å²) in [5, 5.41) is 7.29. The molecule has 438 valence electrons. The van der Waals surface area contributed by atoms with Gasteiger partial charge in [0, 0.05) is 66.5 Å². The van der Waals surface area contributed by atoms with E-state index < -0.39 is 0 Å². The van der Waals surface area contributed by atoms with Gasteiger partial charge >= 0.3 is 0 Å². The summed E-state index contributed by atoms with van der Waals surface area (Å²) in [6, 6.07) is 113.